The second-order valence-corrected chi connectivity index (χ2v) is 14.8. The molecule has 2 amide bonds. The second-order valence-electron chi connectivity index (χ2n) is 14.8. The summed E-state index contributed by atoms with van der Waals surface area (Å²) in [5.74, 6) is 0.560. The first-order valence-electron chi connectivity index (χ1n) is 17.3. The molecule has 4 aromatic rings. The Morgan fingerprint density at radius 2 is 1.96 bits per heavy atom. The number of rotatable bonds is 6. The summed E-state index contributed by atoms with van der Waals surface area (Å²) in [6.45, 7) is 10.2. The number of alkyl halides is 1. The van der Waals surface area contributed by atoms with Gasteiger partial charge in [-0.3, -0.25) is 14.1 Å². The van der Waals surface area contributed by atoms with E-state index in [-0.39, 0.29) is 12.0 Å². The van der Waals surface area contributed by atoms with Crippen molar-refractivity contribution in [3.63, 3.8) is 0 Å². The first-order valence-corrected chi connectivity index (χ1v) is 17.3. The van der Waals surface area contributed by atoms with Crippen molar-refractivity contribution in [2.24, 2.45) is 0 Å². The molecule has 8 rings (SSSR count). The van der Waals surface area contributed by atoms with Crippen LogP contribution < -0.4 is 10.2 Å². The molecule has 1 aromatic carbocycles. The van der Waals surface area contributed by atoms with Gasteiger partial charge in [0.15, 0.2) is 0 Å². The maximum Gasteiger partial charge on any atom is 0.417 e. The average molecular weight is 686 g/mol. The molecule has 2 saturated heterocycles. The molecule has 7 heterocycles. The number of imidazole rings is 1. The number of fused-ring (bicyclic) bond motifs is 4. The molecule has 2 fully saturated rings. The third-order valence-electron chi connectivity index (χ3n) is 10.3. The summed E-state index contributed by atoms with van der Waals surface area (Å²) in [6.07, 6.45) is 4.11. The van der Waals surface area contributed by atoms with Gasteiger partial charge in [-0.15, -0.1) is 0 Å². The highest BCUT2D eigenvalue weighted by Gasteiger charge is 2.45. The zero-order valence-corrected chi connectivity index (χ0v) is 28.5. The predicted molar refractivity (Wildman–Crippen MR) is 184 cm³/mol. The van der Waals surface area contributed by atoms with Gasteiger partial charge in [0.05, 0.1) is 29.7 Å². The Labute approximate surface area is 289 Å². The first kappa shape index (κ1) is 32.6. The van der Waals surface area contributed by atoms with Crippen LogP contribution in [0.3, 0.4) is 0 Å². The minimum atomic E-state index is -0.799. The Hall–Kier alpha value is -4.62. The number of anilines is 3. The summed E-state index contributed by atoms with van der Waals surface area (Å²) in [4.78, 5) is 42.5. The Kier molecular flexibility index (Phi) is 8.02. The fourth-order valence-corrected chi connectivity index (χ4v) is 7.85. The number of nitrogens with zero attached hydrogens (tertiary/aromatic N) is 6. The standard InChI is InChI=1S/C37H41F2N7O4/c1-36(2,3)50-35(48)46-21-26-25(29-19-40-31-18-23(38)9-13-45(29)31)4-6-28(32(26)34(46)47)41-30-7-5-27-33(42-30)44(15-14-43-12-8-24(39)20-43)22-37(27)10-16-49-17-11-37/h4-7,9,13,18-19,24H,8,10-12,14-17,20-22H2,1-3H3,(H,41,42)/t24-/m0/s1. The molecule has 4 aliphatic rings. The predicted octanol–water partition coefficient (Wildman–Crippen LogP) is 6.08. The van der Waals surface area contributed by atoms with E-state index in [2.05, 4.69) is 26.2 Å². The molecule has 1 N–H and O–H groups in total. The van der Waals surface area contributed by atoms with Crippen molar-refractivity contribution in [3.8, 4) is 11.3 Å². The number of ether oxygens (including phenoxy) is 2. The minimum absolute atomic E-state index is 0.00537. The van der Waals surface area contributed by atoms with E-state index < -0.39 is 29.6 Å². The van der Waals surface area contributed by atoms with E-state index >= 15 is 0 Å². The fraction of sp³-hybridized carbons (Fsp3) is 0.459. The SMILES string of the molecule is CC(C)(C)OC(=O)N1Cc2c(-c3cnc4cc(F)ccn34)ccc(Nc3ccc4c(n3)N(CCN3CC[C@H](F)C3)CC43CCOCC3)c2C1=O. The summed E-state index contributed by atoms with van der Waals surface area (Å²) in [6, 6.07) is 10.4. The smallest absolute Gasteiger partial charge is 0.417 e. The van der Waals surface area contributed by atoms with Crippen LogP contribution in [0.25, 0.3) is 16.9 Å². The third kappa shape index (κ3) is 5.85. The first-order chi connectivity index (χ1) is 24.0. The van der Waals surface area contributed by atoms with Crippen molar-refractivity contribution in [2.75, 3.05) is 56.2 Å². The van der Waals surface area contributed by atoms with Gasteiger partial charge in [0, 0.05) is 74.7 Å². The second kappa shape index (κ2) is 12.3. The number of aromatic nitrogens is 3. The van der Waals surface area contributed by atoms with Gasteiger partial charge in [0.1, 0.15) is 34.9 Å². The van der Waals surface area contributed by atoms with Crippen molar-refractivity contribution in [3.05, 3.63) is 71.3 Å². The summed E-state index contributed by atoms with van der Waals surface area (Å²) in [7, 11) is 0. The number of amides is 2. The highest BCUT2D eigenvalue weighted by molar-refractivity contribution is 6.11. The third-order valence-corrected chi connectivity index (χ3v) is 10.3. The molecule has 0 unspecified atom stereocenters. The van der Waals surface area contributed by atoms with E-state index in [0.29, 0.717) is 65.7 Å². The molecule has 4 aliphatic heterocycles. The van der Waals surface area contributed by atoms with Crippen LogP contribution in [0.15, 0.2) is 48.8 Å². The largest absolute Gasteiger partial charge is 0.443 e. The number of benzene rings is 1. The van der Waals surface area contributed by atoms with E-state index in [1.54, 1.807) is 43.6 Å². The van der Waals surface area contributed by atoms with Crippen LogP contribution in [0.1, 0.15) is 61.5 Å². The van der Waals surface area contributed by atoms with Gasteiger partial charge >= 0.3 is 6.09 Å². The maximum absolute atomic E-state index is 14.1. The molecule has 0 radical (unpaired) electrons. The lowest BCUT2D eigenvalue weighted by molar-refractivity contribution is 0.0248. The van der Waals surface area contributed by atoms with Crippen LogP contribution in [0.2, 0.25) is 0 Å². The van der Waals surface area contributed by atoms with E-state index in [9.17, 15) is 18.4 Å². The molecular formula is C37H41F2N7O4. The zero-order chi connectivity index (χ0) is 34.8. The van der Waals surface area contributed by atoms with Crippen molar-refractivity contribution in [1.82, 2.24) is 24.2 Å². The number of halogens is 2. The Morgan fingerprint density at radius 1 is 1.14 bits per heavy atom. The fourth-order valence-electron chi connectivity index (χ4n) is 7.85. The van der Waals surface area contributed by atoms with Crippen molar-refractivity contribution in [1.29, 1.82) is 0 Å². The molecule has 3 aromatic heterocycles. The number of likely N-dealkylation sites (tertiary alicyclic amines) is 1. The number of imide groups is 1. The van der Waals surface area contributed by atoms with Crippen LogP contribution in [0.5, 0.6) is 0 Å². The molecule has 1 atom stereocenters. The molecule has 13 heteroatoms. The minimum Gasteiger partial charge on any atom is -0.443 e. The maximum atomic E-state index is 14.1. The van der Waals surface area contributed by atoms with Crippen LogP contribution in [0.4, 0.5) is 30.9 Å². The van der Waals surface area contributed by atoms with E-state index in [1.807, 2.05) is 12.1 Å². The molecule has 0 saturated carbocycles. The number of pyridine rings is 2. The molecule has 0 aliphatic carbocycles. The Bertz CT molecular complexity index is 1990. The van der Waals surface area contributed by atoms with Crippen LogP contribution in [-0.2, 0) is 21.4 Å². The van der Waals surface area contributed by atoms with Gasteiger partial charge < -0.3 is 19.7 Å². The topological polar surface area (TPSA) is 105 Å². The normalized spacial score (nSPS) is 20.2. The van der Waals surface area contributed by atoms with Crippen molar-refractivity contribution >= 4 is 35.0 Å². The molecule has 1 spiro atoms. The molecule has 0 bridgehead atoms. The highest BCUT2D eigenvalue weighted by Crippen LogP contribution is 2.47. The Morgan fingerprint density at radius 3 is 2.72 bits per heavy atom. The summed E-state index contributed by atoms with van der Waals surface area (Å²) >= 11 is 0. The Balaban J connectivity index is 1.15. The summed E-state index contributed by atoms with van der Waals surface area (Å²) < 4.78 is 41.1. The average Bonchev–Trinajstić information content (AvgIpc) is 3.84. The molecular weight excluding hydrogens is 644 g/mol. The van der Waals surface area contributed by atoms with E-state index in [1.165, 1.54) is 17.7 Å². The quantitative estimate of drug-likeness (QED) is 0.259. The highest BCUT2D eigenvalue weighted by atomic mass is 19.1. The van der Waals surface area contributed by atoms with E-state index in [0.717, 1.165) is 49.7 Å². The summed E-state index contributed by atoms with van der Waals surface area (Å²) in [5.41, 5.74) is 3.56. The lowest BCUT2D eigenvalue weighted by Crippen LogP contribution is -2.41. The van der Waals surface area contributed by atoms with Crippen molar-refractivity contribution in [2.45, 2.75) is 63.8 Å². The number of carbonyl (C=O) groups excluding carboxylic acids is 2. The lowest BCUT2D eigenvalue weighted by Gasteiger charge is -2.34. The molecule has 50 heavy (non-hydrogen) atoms. The molecule has 262 valence electrons. The zero-order valence-electron chi connectivity index (χ0n) is 28.5. The van der Waals surface area contributed by atoms with Gasteiger partial charge in [-0.05, 0) is 63.8 Å². The van der Waals surface area contributed by atoms with Crippen LogP contribution >= 0.6 is 0 Å². The van der Waals surface area contributed by atoms with Gasteiger partial charge in [0.25, 0.3) is 5.91 Å². The monoisotopic (exact) mass is 685 g/mol. The van der Waals surface area contributed by atoms with Crippen LogP contribution in [0, 0.1) is 5.82 Å². The number of carbonyl (C=O) groups is 2. The van der Waals surface area contributed by atoms with Crippen LogP contribution in [-0.4, -0.2) is 93.9 Å². The molecule has 11 nitrogen and oxygen atoms in total. The number of hydrogen-bond acceptors (Lipinski definition) is 9. The van der Waals surface area contributed by atoms with Gasteiger partial charge in [-0.2, -0.15) is 0 Å². The summed E-state index contributed by atoms with van der Waals surface area (Å²) in [5, 5.41) is 3.41. The van der Waals surface area contributed by atoms with Gasteiger partial charge in [-0.1, -0.05) is 12.1 Å². The van der Waals surface area contributed by atoms with E-state index in [4.69, 9.17) is 14.5 Å². The number of hydrogen-bond donors (Lipinski definition) is 1. The lowest BCUT2D eigenvalue weighted by atomic mass is 9.76. The van der Waals surface area contributed by atoms with Gasteiger partial charge in [0.2, 0.25) is 0 Å². The van der Waals surface area contributed by atoms with Crippen molar-refractivity contribution < 1.29 is 27.8 Å². The van der Waals surface area contributed by atoms with Gasteiger partial charge in [-0.25, -0.2) is 28.4 Å². The number of nitrogens with one attached hydrogen (secondary N) is 1.